The maximum Gasteiger partial charge on any atom is 0.259 e. The molecule has 3 N–H and O–H groups in total. The zero-order chi connectivity index (χ0) is 22.5. The van der Waals surface area contributed by atoms with E-state index in [9.17, 15) is 10.1 Å². The predicted molar refractivity (Wildman–Crippen MR) is 134 cm³/mol. The largest absolute Gasteiger partial charge is 0.369 e. The van der Waals surface area contributed by atoms with Crippen molar-refractivity contribution >= 4 is 36.5 Å². The van der Waals surface area contributed by atoms with Crippen molar-refractivity contribution in [1.29, 1.82) is 5.26 Å². The van der Waals surface area contributed by atoms with Crippen LogP contribution < -0.4 is 11.1 Å². The lowest BCUT2D eigenvalue weighted by molar-refractivity contribution is -0.129. The van der Waals surface area contributed by atoms with E-state index >= 15 is 0 Å². The van der Waals surface area contributed by atoms with E-state index in [2.05, 4.69) is 38.6 Å². The van der Waals surface area contributed by atoms with Crippen LogP contribution in [0.4, 0.5) is 5.82 Å². The minimum Gasteiger partial charge on any atom is -0.369 e. The Morgan fingerprint density at radius 3 is 2.68 bits per heavy atom. The number of anilines is 1. The molecular weight excluding hydrogens is 477 g/mol. The number of halogens is 2. The van der Waals surface area contributed by atoms with Gasteiger partial charge in [-0.1, -0.05) is 24.2 Å². The lowest BCUT2D eigenvalue weighted by Crippen LogP contribution is -2.37. The third kappa shape index (κ3) is 5.83. The molecule has 0 saturated carbocycles. The number of hydrogen-bond donors (Lipinski definition) is 2. The molecule has 0 spiro atoms. The fourth-order valence-electron chi connectivity index (χ4n) is 3.75. The molecule has 180 valence electrons. The smallest absolute Gasteiger partial charge is 0.259 e. The van der Waals surface area contributed by atoms with Crippen molar-refractivity contribution < 1.29 is 9.32 Å². The molecule has 0 atom stereocenters. The molecule has 0 radical (unpaired) electrons. The summed E-state index contributed by atoms with van der Waals surface area (Å²) < 4.78 is 5.46. The highest BCUT2D eigenvalue weighted by Gasteiger charge is 2.19. The number of nitriles is 1. The van der Waals surface area contributed by atoms with Crippen molar-refractivity contribution in [2.75, 3.05) is 31.5 Å². The summed E-state index contributed by atoms with van der Waals surface area (Å²) in [5, 5.41) is 16.7. The van der Waals surface area contributed by atoms with Gasteiger partial charge in [0.15, 0.2) is 0 Å². The summed E-state index contributed by atoms with van der Waals surface area (Å²) in [4.78, 5) is 22.6. The lowest BCUT2D eigenvalue weighted by Gasteiger charge is -2.18. The normalized spacial score (nSPS) is 12.4. The van der Waals surface area contributed by atoms with Crippen LogP contribution in [0.3, 0.4) is 0 Å². The Morgan fingerprint density at radius 1 is 1.21 bits per heavy atom. The first-order chi connectivity index (χ1) is 15.6. The highest BCUT2D eigenvalue weighted by molar-refractivity contribution is 5.85. The molecule has 0 fully saturated rings. The van der Waals surface area contributed by atoms with E-state index in [0.717, 1.165) is 31.4 Å². The van der Waals surface area contributed by atoms with Gasteiger partial charge >= 0.3 is 0 Å². The van der Waals surface area contributed by atoms with Gasteiger partial charge in [0.25, 0.3) is 5.89 Å². The molecular formula is C23H27Cl2N7O2. The molecule has 9 nitrogen and oxygen atoms in total. The third-order valence-corrected chi connectivity index (χ3v) is 5.52. The standard InChI is InChI=1S/C23H25N7O2.2ClH/c1-2-7-26-21-18(12-24)11-19(14-27-21)23-28-22(29-32-23)17-4-3-15-5-8-30(20(31)13-25)9-6-16(15)10-17;;/h3-4,10-11,14H,2,5-9,13,25H2,1H3,(H,26,27);2*1H. The van der Waals surface area contributed by atoms with Gasteiger partial charge < -0.3 is 20.5 Å². The molecule has 1 aliphatic heterocycles. The molecule has 2 aromatic heterocycles. The molecule has 0 bridgehead atoms. The molecule has 0 unspecified atom stereocenters. The number of carbonyl (C=O) groups excluding carboxylic acids is 1. The van der Waals surface area contributed by atoms with Gasteiger partial charge in [-0.25, -0.2) is 4.98 Å². The Kier molecular flexibility index (Phi) is 9.81. The van der Waals surface area contributed by atoms with Gasteiger partial charge in [-0.3, -0.25) is 4.79 Å². The van der Waals surface area contributed by atoms with Gasteiger partial charge in [-0.15, -0.1) is 24.8 Å². The molecule has 1 amide bonds. The minimum atomic E-state index is -0.0258. The first-order valence-electron chi connectivity index (χ1n) is 10.7. The Hall–Kier alpha value is -3.19. The maximum atomic E-state index is 12.0. The Bertz CT molecular complexity index is 1180. The number of amides is 1. The monoisotopic (exact) mass is 503 g/mol. The summed E-state index contributed by atoms with van der Waals surface area (Å²) in [6, 6.07) is 9.93. The number of benzene rings is 1. The van der Waals surface area contributed by atoms with Gasteiger partial charge in [-0.2, -0.15) is 10.2 Å². The van der Waals surface area contributed by atoms with Crippen LogP contribution >= 0.6 is 24.8 Å². The number of pyridine rings is 1. The van der Waals surface area contributed by atoms with Crippen LogP contribution in [0.1, 0.15) is 30.0 Å². The minimum absolute atomic E-state index is 0. The molecule has 1 aromatic carbocycles. The van der Waals surface area contributed by atoms with Crippen LogP contribution in [0.2, 0.25) is 0 Å². The fraction of sp³-hybridized carbons (Fsp3) is 0.348. The van der Waals surface area contributed by atoms with Crippen molar-refractivity contribution in [1.82, 2.24) is 20.0 Å². The van der Waals surface area contributed by atoms with E-state index < -0.39 is 0 Å². The molecule has 1 aliphatic rings. The van der Waals surface area contributed by atoms with Crippen molar-refractivity contribution in [3.63, 3.8) is 0 Å². The number of nitrogens with zero attached hydrogens (tertiary/aromatic N) is 5. The quantitative estimate of drug-likeness (QED) is 0.523. The average molecular weight is 504 g/mol. The first-order valence-corrected chi connectivity index (χ1v) is 10.7. The van der Waals surface area contributed by atoms with Gasteiger partial charge in [-0.05, 0) is 42.5 Å². The van der Waals surface area contributed by atoms with E-state index in [1.54, 1.807) is 12.3 Å². The third-order valence-electron chi connectivity index (χ3n) is 5.52. The number of nitrogens with two attached hydrogens (primary N) is 1. The van der Waals surface area contributed by atoms with Crippen molar-refractivity contribution in [3.8, 4) is 28.9 Å². The first kappa shape index (κ1) is 27.1. The topological polar surface area (TPSA) is 134 Å². The van der Waals surface area contributed by atoms with Crippen LogP contribution in [-0.2, 0) is 17.6 Å². The number of rotatable bonds is 6. The average Bonchev–Trinajstić information content (AvgIpc) is 3.23. The zero-order valence-electron chi connectivity index (χ0n) is 18.8. The van der Waals surface area contributed by atoms with Crippen molar-refractivity contribution in [2.24, 2.45) is 5.73 Å². The maximum absolute atomic E-state index is 12.0. The highest BCUT2D eigenvalue weighted by atomic mass is 35.5. The second kappa shape index (κ2) is 12.3. The second-order valence-electron chi connectivity index (χ2n) is 7.65. The summed E-state index contributed by atoms with van der Waals surface area (Å²) in [6.45, 7) is 4.13. The number of carbonyl (C=O) groups is 1. The SMILES string of the molecule is CCCNc1ncc(-c2nc(-c3ccc4c(c3)CCN(C(=O)CN)CC4)no2)cc1C#N.Cl.Cl. The van der Waals surface area contributed by atoms with Gasteiger partial charge in [0.05, 0.1) is 17.7 Å². The van der Waals surface area contributed by atoms with E-state index in [4.69, 9.17) is 10.3 Å². The van der Waals surface area contributed by atoms with Gasteiger partial charge in [0.2, 0.25) is 11.7 Å². The van der Waals surface area contributed by atoms with Crippen LogP contribution in [0.25, 0.3) is 22.8 Å². The number of hydrogen-bond acceptors (Lipinski definition) is 8. The van der Waals surface area contributed by atoms with Crippen LogP contribution in [-0.4, -0.2) is 52.1 Å². The summed E-state index contributed by atoms with van der Waals surface area (Å²) in [5.74, 6) is 1.29. The van der Waals surface area contributed by atoms with E-state index in [1.807, 2.05) is 17.9 Å². The summed E-state index contributed by atoms with van der Waals surface area (Å²) in [7, 11) is 0. The van der Waals surface area contributed by atoms with Gasteiger partial charge in [0, 0.05) is 31.4 Å². The molecule has 3 aromatic rings. The van der Waals surface area contributed by atoms with E-state index in [0.29, 0.717) is 41.7 Å². The summed E-state index contributed by atoms with van der Waals surface area (Å²) in [5.41, 5.74) is 9.75. The summed E-state index contributed by atoms with van der Waals surface area (Å²) in [6.07, 6.45) is 4.10. The van der Waals surface area contributed by atoms with Crippen molar-refractivity contribution in [2.45, 2.75) is 26.2 Å². The predicted octanol–water partition coefficient (Wildman–Crippen LogP) is 3.22. The number of aromatic nitrogens is 3. The molecule has 4 rings (SSSR count). The summed E-state index contributed by atoms with van der Waals surface area (Å²) >= 11 is 0. The Labute approximate surface area is 210 Å². The Morgan fingerprint density at radius 2 is 1.97 bits per heavy atom. The van der Waals surface area contributed by atoms with Gasteiger partial charge in [0.1, 0.15) is 11.9 Å². The Balaban J connectivity index is 0.00000204. The number of nitrogens with one attached hydrogen (secondary N) is 1. The second-order valence-corrected chi connectivity index (χ2v) is 7.65. The molecule has 0 aliphatic carbocycles. The van der Waals surface area contributed by atoms with Crippen LogP contribution in [0, 0.1) is 11.3 Å². The molecule has 3 heterocycles. The molecule has 0 saturated heterocycles. The fourth-order valence-corrected chi connectivity index (χ4v) is 3.75. The zero-order valence-corrected chi connectivity index (χ0v) is 20.4. The van der Waals surface area contributed by atoms with E-state index in [1.165, 1.54) is 11.1 Å². The molecule has 11 heteroatoms. The molecule has 34 heavy (non-hydrogen) atoms. The number of fused-ring (bicyclic) bond motifs is 1. The lowest BCUT2D eigenvalue weighted by atomic mass is 10.00. The highest BCUT2D eigenvalue weighted by Crippen LogP contribution is 2.27. The van der Waals surface area contributed by atoms with E-state index in [-0.39, 0.29) is 37.3 Å². The van der Waals surface area contributed by atoms with Crippen LogP contribution in [0.15, 0.2) is 35.0 Å². The van der Waals surface area contributed by atoms with Crippen molar-refractivity contribution in [3.05, 3.63) is 47.2 Å². The van der Waals surface area contributed by atoms with Crippen LogP contribution in [0.5, 0.6) is 0 Å².